The number of rotatable bonds is 3. The van der Waals surface area contributed by atoms with Gasteiger partial charge in [0.2, 0.25) is 0 Å². The van der Waals surface area contributed by atoms with Crippen LogP contribution in [-0.4, -0.2) is 4.98 Å². The van der Waals surface area contributed by atoms with Crippen LogP contribution in [0.1, 0.15) is 11.3 Å². The molecule has 0 radical (unpaired) electrons. The van der Waals surface area contributed by atoms with Crippen molar-refractivity contribution in [3.63, 3.8) is 0 Å². The van der Waals surface area contributed by atoms with Gasteiger partial charge in [-0.2, -0.15) is 0 Å². The van der Waals surface area contributed by atoms with Gasteiger partial charge in [0.05, 0.1) is 10.7 Å². The highest BCUT2D eigenvalue weighted by atomic mass is 35.5. The van der Waals surface area contributed by atoms with Crippen molar-refractivity contribution in [2.24, 2.45) is 0 Å². The van der Waals surface area contributed by atoms with Crippen molar-refractivity contribution in [1.29, 1.82) is 0 Å². The number of hydrogen-bond donors (Lipinski definition) is 0. The van der Waals surface area contributed by atoms with Crippen LogP contribution < -0.4 is 4.74 Å². The first-order valence-electron chi connectivity index (χ1n) is 5.15. The molecule has 1 aromatic heterocycles. The Hall–Kier alpha value is -1.25. The van der Waals surface area contributed by atoms with Gasteiger partial charge in [-0.15, -0.1) is 0 Å². The lowest BCUT2D eigenvalue weighted by Crippen LogP contribution is -1.98. The third-order valence-corrected chi connectivity index (χ3v) is 2.76. The van der Waals surface area contributed by atoms with Crippen molar-refractivity contribution in [1.82, 2.24) is 4.98 Å². The number of aryl methyl sites for hydroxylation is 1. The Balaban J connectivity index is 2.09. The third kappa shape index (κ3) is 3.35. The van der Waals surface area contributed by atoms with Gasteiger partial charge in [-0.05, 0) is 36.8 Å². The smallest absolute Gasteiger partial charge is 0.138 e. The third-order valence-electron chi connectivity index (χ3n) is 2.24. The Morgan fingerprint density at radius 3 is 2.76 bits per heavy atom. The molecule has 0 aliphatic carbocycles. The first kappa shape index (κ1) is 12.2. The topological polar surface area (TPSA) is 22.1 Å². The van der Waals surface area contributed by atoms with E-state index < -0.39 is 0 Å². The lowest BCUT2D eigenvalue weighted by atomic mass is 10.2. The summed E-state index contributed by atoms with van der Waals surface area (Å²) in [4.78, 5) is 4.14. The van der Waals surface area contributed by atoms with Crippen LogP contribution in [-0.2, 0) is 6.61 Å². The molecule has 2 rings (SSSR count). The summed E-state index contributed by atoms with van der Waals surface area (Å²) in [5, 5.41) is 1.05. The molecule has 4 heteroatoms. The first-order valence-corrected chi connectivity index (χ1v) is 5.91. The second-order valence-electron chi connectivity index (χ2n) is 3.67. The lowest BCUT2D eigenvalue weighted by Gasteiger charge is -2.08. The molecule has 0 saturated heterocycles. The van der Waals surface area contributed by atoms with Gasteiger partial charge in [-0.1, -0.05) is 35.3 Å². The van der Waals surface area contributed by atoms with E-state index >= 15 is 0 Å². The molecule has 2 nitrogen and oxygen atoms in total. The molecule has 0 spiro atoms. The van der Waals surface area contributed by atoms with E-state index in [2.05, 4.69) is 4.98 Å². The predicted molar refractivity (Wildman–Crippen MR) is 69.8 cm³/mol. The van der Waals surface area contributed by atoms with Gasteiger partial charge in [-0.25, -0.2) is 4.98 Å². The summed E-state index contributed by atoms with van der Waals surface area (Å²) < 4.78 is 5.61. The molecule has 2 aromatic rings. The van der Waals surface area contributed by atoms with E-state index in [9.17, 15) is 0 Å². The van der Waals surface area contributed by atoms with Gasteiger partial charge in [0.25, 0.3) is 0 Å². The highest BCUT2D eigenvalue weighted by molar-refractivity contribution is 6.32. The molecule has 0 fully saturated rings. The zero-order chi connectivity index (χ0) is 12.3. The Kier molecular flexibility index (Phi) is 3.87. The van der Waals surface area contributed by atoms with E-state index in [1.807, 2.05) is 37.3 Å². The number of ether oxygens (including phenoxy) is 1. The van der Waals surface area contributed by atoms with Crippen molar-refractivity contribution in [2.45, 2.75) is 13.5 Å². The van der Waals surface area contributed by atoms with Crippen molar-refractivity contribution < 1.29 is 4.74 Å². The molecule has 0 unspecified atom stereocenters. The second kappa shape index (κ2) is 5.39. The molecule has 0 saturated carbocycles. The van der Waals surface area contributed by atoms with Crippen molar-refractivity contribution in [3.8, 4) is 5.75 Å². The Labute approximate surface area is 110 Å². The van der Waals surface area contributed by atoms with Crippen LogP contribution in [0.25, 0.3) is 0 Å². The summed E-state index contributed by atoms with van der Waals surface area (Å²) in [7, 11) is 0. The quantitative estimate of drug-likeness (QED) is 0.775. The van der Waals surface area contributed by atoms with Gasteiger partial charge in [0.1, 0.15) is 17.5 Å². The molecule has 1 heterocycles. The number of halogens is 2. The average molecular weight is 268 g/mol. The Bertz CT molecular complexity index is 529. The average Bonchev–Trinajstić information content (AvgIpc) is 2.30. The number of nitrogens with zero attached hydrogens (tertiary/aromatic N) is 1. The second-order valence-corrected chi connectivity index (χ2v) is 4.47. The number of pyridine rings is 1. The molecule has 0 aliphatic rings. The number of benzene rings is 1. The molecule has 0 N–H and O–H groups in total. The van der Waals surface area contributed by atoms with Gasteiger partial charge >= 0.3 is 0 Å². The first-order chi connectivity index (χ1) is 8.15. The van der Waals surface area contributed by atoms with E-state index in [0.29, 0.717) is 22.5 Å². The molecule has 0 atom stereocenters. The molecule has 88 valence electrons. The van der Waals surface area contributed by atoms with E-state index in [-0.39, 0.29) is 0 Å². The Morgan fingerprint density at radius 2 is 2.00 bits per heavy atom. The van der Waals surface area contributed by atoms with Crippen LogP contribution in [0, 0.1) is 6.92 Å². The summed E-state index contributed by atoms with van der Waals surface area (Å²) in [6.07, 6.45) is 0. The van der Waals surface area contributed by atoms with E-state index in [4.69, 9.17) is 27.9 Å². The van der Waals surface area contributed by atoms with E-state index in [0.717, 1.165) is 11.3 Å². The highest BCUT2D eigenvalue weighted by Crippen LogP contribution is 2.25. The van der Waals surface area contributed by atoms with Crippen LogP contribution in [0.5, 0.6) is 5.75 Å². The van der Waals surface area contributed by atoms with Crippen LogP contribution in [0.2, 0.25) is 10.2 Å². The fourth-order valence-electron chi connectivity index (χ4n) is 1.40. The van der Waals surface area contributed by atoms with Crippen LogP contribution in [0.4, 0.5) is 0 Å². The summed E-state index contributed by atoms with van der Waals surface area (Å²) in [5.74, 6) is 0.661. The summed E-state index contributed by atoms with van der Waals surface area (Å²) in [6, 6.07) is 11.1. The van der Waals surface area contributed by atoms with Crippen LogP contribution in [0.15, 0.2) is 36.4 Å². The van der Waals surface area contributed by atoms with Crippen LogP contribution in [0.3, 0.4) is 0 Å². The van der Waals surface area contributed by atoms with Gasteiger partial charge in [0, 0.05) is 0 Å². The maximum atomic E-state index is 6.02. The number of aromatic nitrogens is 1. The fraction of sp³-hybridized carbons (Fsp3) is 0.154. The van der Waals surface area contributed by atoms with Gasteiger partial charge in [-0.3, -0.25) is 0 Å². The van der Waals surface area contributed by atoms with E-state index in [1.165, 1.54) is 0 Å². The van der Waals surface area contributed by atoms with Crippen molar-refractivity contribution >= 4 is 23.2 Å². The molecule has 0 aliphatic heterocycles. The minimum absolute atomic E-state index is 0.351. The molecular weight excluding hydrogens is 257 g/mol. The summed E-state index contributed by atoms with van der Waals surface area (Å²) in [6.45, 7) is 2.34. The maximum absolute atomic E-state index is 6.02. The number of hydrogen-bond acceptors (Lipinski definition) is 2. The largest absolute Gasteiger partial charge is 0.486 e. The monoisotopic (exact) mass is 267 g/mol. The maximum Gasteiger partial charge on any atom is 0.138 e. The standard InChI is InChI=1S/C13H11Cl2NO/c1-9-5-6-11(14)12(7-9)17-8-10-3-2-4-13(15)16-10/h2-7H,8H2,1H3. The van der Waals surface area contributed by atoms with Gasteiger partial charge < -0.3 is 4.74 Å². The molecule has 0 bridgehead atoms. The SMILES string of the molecule is Cc1ccc(Cl)c(OCc2cccc(Cl)n2)c1. The molecular formula is C13H11Cl2NO. The summed E-state index contributed by atoms with van der Waals surface area (Å²) in [5.41, 5.74) is 1.87. The predicted octanol–water partition coefficient (Wildman–Crippen LogP) is 4.28. The zero-order valence-electron chi connectivity index (χ0n) is 9.28. The highest BCUT2D eigenvalue weighted by Gasteiger charge is 2.03. The fourth-order valence-corrected chi connectivity index (χ4v) is 1.76. The van der Waals surface area contributed by atoms with Gasteiger partial charge in [0.15, 0.2) is 0 Å². The molecule has 0 amide bonds. The van der Waals surface area contributed by atoms with Crippen LogP contribution >= 0.6 is 23.2 Å². The lowest BCUT2D eigenvalue weighted by molar-refractivity contribution is 0.301. The Morgan fingerprint density at radius 1 is 1.18 bits per heavy atom. The normalized spacial score (nSPS) is 10.3. The van der Waals surface area contributed by atoms with Crippen molar-refractivity contribution in [2.75, 3.05) is 0 Å². The minimum atomic E-state index is 0.351. The minimum Gasteiger partial charge on any atom is -0.486 e. The van der Waals surface area contributed by atoms with E-state index in [1.54, 1.807) is 6.07 Å². The summed E-state index contributed by atoms with van der Waals surface area (Å²) >= 11 is 11.8. The molecule has 1 aromatic carbocycles. The zero-order valence-corrected chi connectivity index (χ0v) is 10.8. The van der Waals surface area contributed by atoms with Crippen molar-refractivity contribution in [3.05, 3.63) is 57.8 Å². The molecule has 17 heavy (non-hydrogen) atoms.